The molecule has 0 aromatic heterocycles. The third kappa shape index (κ3) is 23.1. The maximum absolute atomic E-state index is 11.3. The van der Waals surface area contributed by atoms with E-state index < -0.39 is 18.3 Å². The first kappa shape index (κ1) is 34.7. The molecule has 9 heteroatoms. The lowest BCUT2D eigenvalue weighted by Gasteiger charge is -2.19. The van der Waals surface area contributed by atoms with Gasteiger partial charge in [0.25, 0.3) is 0 Å². The largest absolute Gasteiger partial charge is 0.503 e. The average molecular weight is 517 g/mol. The zero-order valence-electron chi connectivity index (χ0n) is 21.3. The monoisotopic (exact) mass is 516 g/mol. The lowest BCUT2D eigenvalue weighted by molar-refractivity contribution is -0.136. The predicted molar refractivity (Wildman–Crippen MR) is 141 cm³/mol. The third-order valence-electron chi connectivity index (χ3n) is 5.31. The van der Waals surface area contributed by atoms with E-state index in [0.717, 1.165) is 6.42 Å². The van der Waals surface area contributed by atoms with Crippen LogP contribution in [0.25, 0.3) is 0 Å². The van der Waals surface area contributed by atoms with Gasteiger partial charge in [-0.05, 0) is 37.3 Å². The fraction of sp³-hybridized carbons (Fsp3) is 0.654. The van der Waals surface area contributed by atoms with Crippen molar-refractivity contribution in [2.24, 2.45) is 0 Å². The molecule has 0 spiro atoms. The van der Waals surface area contributed by atoms with Crippen LogP contribution in [0.4, 0.5) is 9.59 Å². The van der Waals surface area contributed by atoms with E-state index in [0.29, 0.717) is 6.42 Å². The van der Waals surface area contributed by atoms with Crippen LogP contribution in [0.15, 0.2) is 24.3 Å². The van der Waals surface area contributed by atoms with E-state index >= 15 is 0 Å². The van der Waals surface area contributed by atoms with Crippen molar-refractivity contribution in [3.05, 3.63) is 35.4 Å². The van der Waals surface area contributed by atoms with E-state index in [9.17, 15) is 9.90 Å². The fourth-order valence-corrected chi connectivity index (χ4v) is 4.79. The van der Waals surface area contributed by atoms with Gasteiger partial charge in [-0.3, -0.25) is 4.79 Å². The van der Waals surface area contributed by atoms with E-state index in [1.807, 2.05) is 6.92 Å². The molecule has 202 valence electrons. The Labute approximate surface area is 213 Å². The van der Waals surface area contributed by atoms with Crippen LogP contribution in [0.1, 0.15) is 108 Å². The first-order valence-corrected chi connectivity index (χ1v) is 13.3. The smallest absolute Gasteiger partial charge is 0.480 e. The first-order valence-electron chi connectivity index (χ1n) is 12.4. The molecule has 0 aliphatic heterocycles. The van der Waals surface area contributed by atoms with Crippen molar-refractivity contribution in [2.45, 2.75) is 108 Å². The Morgan fingerprint density at radius 3 is 1.60 bits per heavy atom. The number of carbonyl (C=O) groups is 3. The van der Waals surface area contributed by atoms with Crippen LogP contribution in [-0.2, 0) is 11.2 Å². The number of hydrogen-bond donors (Lipinski definition) is 5. The maximum Gasteiger partial charge on any atom is 0.503 e. The molecular formula is C26H44O8S. The van der Waals surface area contributed by atoms with Crippen molar-refractivity contribution < 1.29 is 39.9 Å². The summed E-state index contributed by atoms with van der Waals surface area (Å²) in [5, 5.41) is 37.1. The molecule has 0 amide bonds. The van der Waals surface area contributed by atoms with Crippen LogP contribution in [0, 0.1) is 0 Å². The standard InChI is InChI=1S/C24H40O2S.2CH2O3/c1-4-6-7-8-9-10-11-12-13-14-17-21-18-15-16-19-22(21)20(3)27-23(5-2)24(25)26;2*2-1(3)4/h15-16,18-20,23H,4-14,17H2,1-3H3,(H,25,26);2*(H2,2,3,4). The van der Waals surface area contributed by atoms with Gasteiger partial charge < -0.3 is 25.5 Å². The van der Waals surface area contributed by atoms with Gasteiger partial charge in [0.15, 0.2) is 0 Å². The highest BCUT2D eigenvalue weighted by molar-refractivity contribution is 8.00. The van der Waals surface area contributed by atoms with Crippen molar-refractivity contribution in [2.75, 3.05) is 0 Å². The number of unbranched alkanes of at least 4 members (excludes halogenated alkanes) is 9. The van der Waals surface area contributed by atoms with Gasteiger partial charge in [-0.1, -0.05) is 95.9 Å². The highest BCUT2D eigenvalue weighted by Gasteiger charge is 2.21. The molecule has 5 N–H and O–H groups in total. The van der Waals surface area contributed by atoms with Gasteiger partial charge in [-0.15, -0.1) is 11.8 Å². The SMILES string of the molecule is CCCCCCCCCCCCc1ccccc1C(C)SC(CC)C(=O)O.O=C(O)O.O=C(O)O. The summed E-state index contributed by atoms with van der Waals surface area (Å²) in [4.78, 5) is 28.4. The topological polar surface area (TPSA) is 152 Å². The van der Waals surface area contributed by atoms with Gasteiger partial charge >= 0.3 is 18.3 Å². The van der Waals surface area contributed by atoms with Crippen LogP contribution in [0.5, 0.6) is 0 Å². The molecule has 0 saturated carbocycles. The van der Waals surface area contributed by atoms with E-state index in [-0.39, 0.29) is 10.5 Å². The third-order valence-corrected chi connectivity index (χ3v) is 6.83. The molecular weight excluding hydrogens is 472 g/mol. The second-order valence-corrected chi connectivity index (χ2v) is 9.76. The van der Waals surface area contributed by atoms with Crippen LogP contribution >= 0.6 is 11.8 Å². The minimum atomic E-state index is -1.83. The van der Waals surface area contributed by atoms with Crippen molar-refractivity contribution in [1.82, 2.24) is 0 Å². The van der Waals surface area contributed by atoms with Gasteiger partial charge in [0.1, 0.15) is 5.25 Å². The number of aryl methyl sites for hydroxylation is 1. The normalized spacial score (nSPS) is 11.7. The Balaban J connectivity index is 0. The highest BCUT2D eigenvalue weighted by atomic mass is 32.2. The molecule has 1 aromatic rings. The molecule has 2 unspecified atom stereocenters. The Hall–Kier alpha value is -2.42. The van der Waals surface area contributed by atoms with Crippen LogP contribution in [0.2, 0.25) is 0 Å². The van der Waals surface area contributed by atoms with Gasteiger partial charge in [0, 0.05) is 5.25 Å². The summed E-state index contributed by atoms with van der Waals surface area (Å²) in [5.41, 5.74) is 2.72. The van der Waals surface area contributed by atoms with Gasteiger partial charge in [-0.2, -0.15) is 0 Å². The summed E-state index contributed by atoms with van der Waals surface area (Å²) in [6.07, 6.45) is 11.7. The summed E-state index contributed by atoms with van der Waals surface area (Å²) >= 11 is 1.58. The molecule has 0 aliphatic rings. The maximum atomic E-state index is 11.3. The molecule has 0 aliphatic carbocycles. The number of hydrogen-bond acceptors (Lipinski definition) is 4. The zero-order chi connectivity index (χ0) is 27.1. The Bertz CT molecular complexity index is 676. The summed E-state index contributed by atoms with van der Waals surface area (Å²) < 4.78 is 0. The number of rotatable bonds is 16. The molecule has 8 nitrogen and oxygen atoms in total. The quantitative estimate of drug-likeness (QED) is 0.137. The summed E-state index contributed by atoms with van der Waals surface area (Å²) in [5.74, 6) is -0.693. The predicted octanol–water partition coefficient (Wildman–Crippen LogP) is 8.25. The van der Waals surface area contributed by atoms with E-state index in [4.69, 9.17) is 30.0 Å². The molecule has 0 radical (unpaired) electrons. The fourth-order valence-electron chi connectivity index (χ4n) is 3.61. The molecule has 2 atom stereocenters. The van der Waals surface area contributed by atoms with E-state index in [1.165, 1.54) is 75.3 Å². The molecule has 1 rings (SSSR count). The van der Waals surface area contributed by atoms with E-state index in [2.05, 4.69) is 38.1 Å². The van der Waals surface area contributed by atoms with Gasteiger partial charge in [0.05, 0.1) is 0 Å². The minimum Gasteiger partial charge on any atom is -0.480 e. The second-order valence-electron chi connectivity index (χ2n) is 8.21. The van der Waals surface area contributed by atoms with Crippen LogP contribution in [0.3, 0.4) is 0 Å². The lowest BCUT2D eigenvalue weighted by atomic mass is 9.98. The minimum absolute atomic E-state index is 0.227. The van der Waals surface area contributed by atoms with Crippen LogP contribution < -0.4 is 0 Å². The summed E-state index contributed by atoms with van der Waals surface area (Å²) in [6, 6.07) is 8.59. The van der Waals surface area contributed by atoms with Gasteiger partial charge in [0.2, 0.25) is 0 Å². The molecule has 0 bridgehead atoms. The Morgan fingerprint density at radius 2 is 1.17 bits per heavy atom. The molecule has 35 heavy (non-hydrogen) atoms. The number of carboxylic acid groups (broad SMARTS) is 5. The number of thioether (sulfide) groups is 1. The van der Waals surface area contributed by atoms with Gasteiger partial charge in [-0.25, -0.2) is 9.59 Å². The first-order chi connectivity index (χ1) is 16.6. The molecule has 0 heterocycles. The Kier molecular flexibility index (Phi) is 23.2. The van der Waals surface area contributed by atoms with Crippen molar-refractivity contribution in [3.63, 3.8) is 0 Å². The van der Waals surface area contributed by atoms with Crippen molar-refractivity contribution in [3.8, 4) is 0 Å². The zero-order valence-corrected chi connectivity index (χ0v) is 22.1. The van der Waals surface area contributed by atoms with Crippen LogP contribution in [-0.4, -0.2) is 49.1 Å². The second kappa shape index (κ2) is 23.3. The number of aliphatic carboxylic acids is 1. The molecule has 1 aromatic carbocycles. The highest BCUT2D eigenvalue weighted by Crippen LogP contribution is 2.35. The van der Waals surface area contributed by atoms with Crippen molar-refractivity contribution >= 4 is 30.0 Å². The molecule has 0 fully saturated rings. The van der Waals surface area contributed by atoms with E-state index in [1.54, 1.807) is 11.8 Å². The molecule has 0 saturated heterocycles. The Morgan fingerprint density at radius 1 is 0.743 bits per heavy atom. The summed E-state index contributed by atoms with van der Waals surface area (Å²) in [7, 11) is 0. The van der Waals surface area contributed by atoms with Crippen molar-refractivity contribution in [1.29, 1.82) is 0 Å². The lowest BCUT2D eigenvalue weighted by Crippen LogP contribution is -2.16. The number of carboxylic acids is 1. The number of benzene rings is 1. The average Bonchev–Trinajstić information content (AvgIpc) is 2.78. The summed E-state index contributed by atoms with van der Waals surface area (Å²) in [6.45, 7) is 6.37.